The van der Waals surface area contributed by atoms with E-state index >= 15 is 0 Å². The third-order valence-electron chi connectivity index (χ3n) is 3.88. The van der Waals surface area contributed by atoms with Crippen LogP contribution in [-0.4, -0.2) is 41.9 Å². The summed E-state index contributed by atoms with van der Waals surface area (Å²) in [6.07, 6.45) is -4.05. The quantitative estimate of drug-likeness (QED) is 0.746. The molecular weight excluding hydrogens is 353 g/mol. The molecule has 1 aromatic carbocycles. The van der Waals surface area contributed by atoms with Gasteiger partial charge in [0, 0.05) is 25.8 Å². The van der Waals surface area contributed by atoms with E-state index in [1.54, 1.807) is 19.1 Å². The Kier molecular flexibility index (Phi) is 6.23. The maximum atomic E-state index is 12.1. The highest BCUT2D eigenvalue weighted by Gasteiger charge is 2.29. The van der Waals surface area contributed by atoms with Gasteiger partial charge in [-0.15, -0.1) is 0 Å². The molecule has 0 saturated carbocycles. The van der Waals surface area contributed by atoms with Crippen molar-refractivity contribution in [1.29, 1.82) is 0 Å². The van der Waals surface area contributed by atoms with Gasteiger partial charge in [-0.05, 0) is 24.6 Å². The standard InChI is InChI=1S/C17H19F3N2O4/c1-11(12-2-4-13(5-3-12)26-10-17(18,19)20)21-14(23)8-9-22-15(24)6-7-16(22)25/h2-5,11H,6-10H2,1H3,(H,21,23)/t11-/m0/s1. The van der Waals surface area contributed by atoms with Gasteiger partial charge < -0.3 is 10.1 Å². The van der Waals surface area contributed by atoms with Crippen LogP contribution in [0.5, 0.6) is 5.75 Å². The maximum absolute atomic E-state index is 12.1. The lowest BCUT2D eigenvalue weighted by molar-refractivity contribution is -0.153. The van der Waals surface area contributed by atoms with Gasteiger partial charge in [0.05, 0.1) is 6.04 Å². The van der Waals surface area contributed by atoms with Crippen LogP contribution in [0.4, 0.5) is 13.2 Å². The largest absolute Gasteiger partial charge is 0.484 e. The Bertz CT molecular complexity index is 658. The Morgan fingerprint density at radius 3 is 2.31 bits per heavy atom. The molecular formula is C17H19F3N2O4. The third kappa shape index (κ3) is 5.75. The summed E-state index contributed by atoms with van der Waals surface area (Å²) in [4.78, 5) is 36.0. The second-order valence-electron chi connectivity index (χ2n) is 5.95. The number of halogens is 3. The first kappa shape index (κ1) is 19.7. The lowest BCUT2D eigenvalue weighted by Gasteiger charge is -2.17. The normalized spacial score (nSPS) is 15.9. The second kappa shape index (κ2) is 8.20. The Hall–Kier alpha value is -2.58. The van der Waals surface area contributed by atoms with Crippen LogP contribution in [0.1, 0.15) is 37.8 Å². The molecule has 1 N–H and O–H groups in total. The van der Waals surface area contributed by atoms with Crippen LogP contribution < -0.4 is 10.1 Å². The van der Waals surface area contributed by atoms with Crippen molar-refractivity contribution in [3.63, 3.8) is 0 Å². The molecule has 1 aliphatic rings. The van der Waals surface area contributed by atoms with Crippen LogP contribution in [0.3, 0.4) is 0 Å². The van der Waals surface area contributed by atoms with Gasteiger partial charge >= 0.3 is 6.18 Å². The Balaban J connectivity index is 1.81. The summed E-state index contributed by atoms with van der Waals surface area (Å²) in [6.45, 7) is 0.392. The van der Waals surface area contributed by atoms with Gasteiger partial charge in [0.2, 0.25) is 17.7 Å². The number of likely N-dealkylation sites (tertiary alicyclic amines) is 1. The minimum Gasteiger partial charge on any atom is -0.484 e. The summed E-state index contributed by atoms with van der Waals surface area (Å²) < 4.78 is 40.9. The minimum atomic E-state index is -4.40. The molecule has 1 saturated heterocycles. The van der Waals surface area contributed by atoms with Crippen LogP contribution in [0.15, 0.2) is 24.3 Å². The zero-order chi connectivity index (χ0) is 19.3. The van der Waals surface area contributed by atoms with E-state index in [-0.39, 0.29) is 55.3 Å². The molecule has 9 heteroatoms. The topological polar surface area (TPSA) is 75.7 Å². The fourth-order valence-electron chi connectivity index (χ4n) is 2.50. The number of nitrogens with one attached hydrogen (secondary N) is 1. The molecule has 1 fully saturated rings. The van der Waals surface area contributed by atoms with E-state index in [4.69, 9.17) is 0 Å². The average molecular weight is 372 g/mol. The molecule has 6 nitrogen and oxygen atoms in total. The number of rotatable bonds is 7. The summed E-state index contributed by atoms with van der Waals surface area (Å²) >= 11 is 0. The number of hydrogen-bond acceptors (Lipinski definition) is 4. The highest BCUT2D eigenvalue weighted by Crippen LogP contribution is 2.21. The van der Waals surface area contributed by atoms with Gasteiger partial charge in [0.1, 0.15) is 5.75 Å². The number of benzene rings is 1. The van der Waals surface area contributed by atoms with Crippen LogP contribution in [0.2, 0.25) is 0 Å². The van der Waals surface area contributed by atoms with Crippen molar-refractivity contribution >= 4 is 17.7 Å². The highest BCUT2D eigenvalue weighted by atomic mass is 19.4. The first-order valence-electron chi connectivity index (χ1n) is 8.08. The van der Waals surface area contributed by atoms with Crippen LogP contribution >= 0.6 is 0 Å². The highest BCUT2D eigenvalue weighted by molar-refractivity contribution is 6.02. The van der Waals surface area contributed by atoms with Crippen molar-refractivity contribution in [2.75, 3.05) is 13.2 Å². The Morgan fingerprint density at radius 2 is 1.77 bits per heavy atom. The van der Waals surface area contributed by atoms with Gasteiger partial charge in [0.15, 0.2) is 6.61 Å². The molecule has 3 amide bonds. The van der Waals surface area contributed by atoms with Crippen molar-refractivity contribution in [2.45, 2.75) is 38.4 Å². The lowest BCUT2D eigenvalue weighted by Crippen LogP contribution is -2.34. The molecule has 0 unspecified atom stereocenters. The zero-order valence-corrected chi connectivity index (χ0v) is 14.1. The number of hydrogen-bond donors (Lipinski definition) is 1. The number of nitrogens with zero attached hydrogens (tertiary/aromatic N) is 1. The summed E-state index contributed by atoms with van der Waals surface area (Å²) in [5.74, 6) is -0.798. The first-order chi connectivity index (χ1) is 12.2. The fourth-order valence-corrected chi connectivity index (χ4v) is 2.50. The monoisotopic (exact) mass is 372 g/mol. The van der Waals surface area contributed by atoms with E-state index < -0.39 is 12.8 Å². The Labute approximate surface area is 148 Å². The minimum absolute atomic E-state index is 0.00536. The molecule has 0 spiro atoms. The number of imide groups is 1. The van der Waals surface area contributed by atoms with Crippen LogP contribution in [0.25, 0.3) is 0 Å². The summed E-state index contributed by atoms with van der Waals surface area (Å²) in [7, 11) is 0. The van der Waals surface area contributed by atoms with Crippen molar-refractivity contribution in [2.24, 2.45) is 0 Å². The summed E-state index contributed by atoms with van der Waals surface area (Å²) in [5.41, 5.74) is 0.686. The number of carbonyl (C=O) groups excluding carboxylic acids is 3. The van der Waals surface area contributed by atoms with E-state index in [9.17, 15) is 27.6 Å². The molecule has 1 aliphatic heterocycles. The van der Waals surface area contributed by atoms with Crippen molar-refractivity contribution in [1.82, 2.24) is 10.2 Å². The molecule has 1 atom stereocenters. The molecule has 1 heterocycles. The number of ether oxygens (including phenoxy) is 1. The van der Waals surface area contributed by atoms with Crippen molar-refractivity contribution in [3.8, 4) is 5.75 Å². The summed E-state index contributed by atoms with van der Waals surface area (Å²) in [6, 6.07) is 5.52. The average Bonchev–Trinajstić information content (AvgIpc) is 2.89. The van der Waals surface area contributed by atoms with E-state index in [0.717, 1.165) is 4.90 Å². The molecule has 0 radical (unpaired) electrons. The van der Waals surface area contributed by atoms with E-state index in [1.165, 1.54) is 12.1 Å². The third-order valence-corrected chi connectivity index (χ3v) is 3.88. The van der Waals surface area contributed by atoms with E-state index in [1.807, 2.05) is 0 Å². The SMILES string of the molecule is C[C@H](NC(=O)CCN1C(=O)CCC1=O)c1ccc(OCC(F)(F)F)cc1. The Morgan fingerprint density at radius 1 is 1.19 bits per heavy atom. The van der Waals surface area contributed by atoms with Crippen molar-refractivity contribution in [3.05, 3.63) is 29.8 Å². The number of amides is 3. The molecule has 0 aromatic heterocycles. The number of alkyl halides is 3. The van der Waals surface area contributed by atoms with Gasteiger partial charge in [-0.2, -0.15) is 13.2 Å². The fraction of sp³-hybridized carbons (Fsp3) is 0.471. The molecule has 1 aromatic rings. The predicted molar refractivity (Wildman–Crippen MR) is 85.1 cm³/mol. The van der Waals surface area contributed by atoms with Crippen LogP contribution in [-0.2, 0) is 14.4 Å². The second-order valence-corrected chi connectivity index (χ2v) is 5.95. The maximum Gasteiger partial charge on any atom is 0.422 e. The molecule has 0 aliphatic carbocycles. The first-order valence-corrected chi connectivity index (χ1v) is 8.08. The van der Waals surface area contributed by atoms with Gasteiger partial charge in [-0.1, -0.05) is 12.1 Å². The zero-order valence-electron chi connectivity index (χ0n) is 14.1. The van der Waals surface area contributed by atoms with E-state index in [2.05, 4.69) is 10.1 Å². The predicted octanol–water partition coefficient (Wildman–Crippen LogP) is 2.34. The lowest BCUT2D eigenvalue weighted by atomic mass is 10.1. The van der Waals surface area contributed by atoms with Gasteiger partial charge in [-0.25, -0.2) is 0 Å². The summed E-state index contributed by atoms with van der Waals surface area (Å²) in [5, 5.41) is 2.72. The molecule has 142 valence electrons. The number of carbonyl (C=O) groups is 3. The molecule has 26 heavy (non-hydrogen) atoms. The molecule has 2 rings (SSSR count). The van der Waals surface area contributed by atoms with Gasteiger partial charge in [0.25, 0.3) is 0 Å². The van der Waals surface area contributed by atoms with Crippen LogP contribution in [0, 0.1) is 0 Å². The van der Waals surface area contributed by atoms with Gasteiger partial charge in [-0.3, -0.25) is 19.3 Å². The smallest absolute Gasteiger partial charge is 0.422 e. The van der Waals surface area contributed by atoms with Crippen molar-refractivity contribution < 1.29 is 32.3 Å². The molecule has 0 bridgehead atoms. The van der Waals surface area contributed by atoms with E-state index in [0.29, 0.717) is 5.56 Å².